The Hall–Kier alpha value is -4.82. The minimum atomic E-state index is -3.91. The van der Waals surface area contributed by atoms with Gasteiger partial charge < -0.3 is 9.47 Å². The van der Waals surface area contributed by atoms with E-state index in [-0.39, 0.29) is 4.90 Å². The molecule has 0 saturated heterocycles. The highest BCUT2D eigenvalue weighted by Crippen LogP contribution is 2.30. The maximum Gasteiger partial charge on any atom is 0.261 e. The molecule has 1 aliphatic heterocycles. The molecule has 0 fully saturated rings. The Balaban J connectivity index is 1.44. The van der Waals surface area contributed by atoms with E-state index in [1.54, 1.807) is 29.2 Å². The fraction of sp³-hybridized carbons (Fsp3) is 0.115. The third-order valence-corrected chi connectivity index (χ3v) is 7.04. The number of ether oxygens (including phenoxy) is 2. The van der Waals surface area contributed by atoms with Gasteiger partial charge in [0.15, 0.2) is 12.1 Å². The quantitative estimate of drug-likeness (QED) is 0.447. The lowest BCUT2D eigenvalue weighted by Crippen LogP contribution is -2.28. The third-order valence-electron chi connectivity index (χ3n) is 5.65. The molecule has 11 heteroatoms. The predicted molar refractivity (Wildman–Crippen MR) is 137 cm³/mol. The summed E-state index contributed by atoms with van der Waals surface area (Å²) >= 11 is 0. The van der Waals surface area contributed by atoms with Gasteiger partial charge in [-0.25, -0.2) is 8.42 Å². The van der Waals surface area contributed by atoms with Gasteiger partial charge in [-0.3, -0.25) is 14.7 Å². The van der Waals surface area contributed by atoms with Crippen LogP contribution >= 0.6 is 0 Å². The van der Waals surface area contributed by atoms with E-state index in [2.05, 4.69) is 32.1 Å². The standard InChI is InChI=1S/C26H22N6O4S/c27-16-19-10-12-21(13-11-19)37(33,34)31-23-9-5-4-8-22(23)25-28-26(30-29-25)32(24-18-35-14-15-36-24)17-20-6-2-1-3-7-20/h1-2,4-6,8-15,18,31H,3,7,17H2,(H,28,29,30). The number of sulfonamides is 1. The Morgan fingerprint density at radius 2 is 1.97 bits per heavy atom. The van der Waals surface area contributed by atoms with Crippen LogP contribution in [0.3, 0.4) is 0 Å². The van der Waals surface area contributed by atoms with E-state index in [1.807, 2.05) is 12.1 Å². The molecule has 0 bridgehead atoms. The molecule has 186 valence electrons. The minimum Gasteiger partial charge on any atom is -0.464 e. The smallest absolute Gasteiger partial charge is 0.261 e. The Kier molecular flexibility index (Phi) is 6.74. The van der Waals surface area contributed by atoms with Gasteiger partial charge >= 0.3 is 0 Å². The number of benzene rings is 2. The van der Waals surface area contributed by atoms with E-state index in [9.17, 15) is 8.42 Å². The van der Waals surface area contributed by atoms with Crippen LogP contribution in [0.2, 0.25) is 0 Å². The zero-order valence-electron chi connectivity index (χ0n) is 19.5. The van der Waals surface area contributed by atoms with Crippen LogP contribution in [0.15, 0.2) is 102 Å². The van der Waals surface area contributed by atoms with Crippen molar-refractivity contribution in [3.8, 4) is 17.5 Å². The summed E-state index contributed by atoms with van der Waals surface area (Å²) in [5.74, 6) is 1.11. The van der Waals surface area contributed by atoms with Gasteiger partial charge in [0.2, 0.25) is 5.88 Å². The number of rotatable bonds is 8. The van der Waals surface area contributed by atoms with Crippen molar-refractivity contribution in [2.24, 2.45) is 0 Å². The summed E-state index contributed by atoms with van der Waals surface area (Å²) < 4.78 is 39.6. The molecule has 0 atom stereocenters. The summed E-state index contributed by atoms with van der Waals surface area (Å²) in [6.07, 6.45) is 12.3. The Labute approximate surface area is 213 Å². The van der Waals surface area contributed by atoms with Crippen LogP contribution in [0.1, 0.15) is 18.4 Å². The zero-order chi connectivity index (χ0) is 25.7. The van der Waals surface area contributed by atoms with E-state index in [0.717, 1.165) is 12.8 Å². The molecule has 37 heavy (non-hydrogen) atoms. The number of aromatic amines is 1. The van der Waals surface area contributed by atoms with Crippen LogP contribution in [0.5, 0.6) is 0 Å². The molecule has 0 amide bonds. The van der Waals surface area contributed by atoms with E-state index in [1.165, 1.54) is 48.6 Å². The highest BCUT2D eigenvalue weighted by Gasteiger charge is 2.23. The van der Waals surface area contributed by atoms with Crippen molar-refractivity contribution in [1.82, 2.24) is 15.2 Å². The van der Waals surface area contributed by atoms with Crippen LogP contribution in [0.25, 0.3) is 11.4 Å². The molecule has 2 aromatic carbocycles. The molecule has 3 aromatic rings. The third kappa shape index (κ3) is 5.39. The molecule has 0 unspecified atom stereocenters. The molecule has 2 N–H and O–H groups in total. The van der Waals surface area contributed by atoms with Crippen LogP contribution in [-0.4, -0.2) is 30.1 Å². The van der Waals surface area contributed by atoms with Crippen molar-refractivity contribution in [3.63, 3.8) is 0 Å². The number of nitriles is 1. The first-order valence-corrected chi connectivity index (χ1v) is 12.9. The van der Waals surface area contributed by atoms with E-state index >= 15 is 0 Å². The average Bonchev–Trinajstić information content (AvgIpc) is 3.43. The number of nitrogens with one attached hydrogen (secondary N) is 2. The molecular formula is C26H22N6O4S. The molecule has 10 nitrogen and oxygen atoms in total. The SMILES string of the molecule is N#Cc1ccc(S(=O)(=O)Nc2ccccc2-c2nc(N(CC3=CC=CCC3)C3=COC=CO3)n[nH]2)cc1. The number of hydrogen-bond acceptors (Lipinski definition) is 8. The molecule has 0 spiro atoms. The number of aromatic nitrogens is 3. The number of hydrogen-bond donors (Lipinski definition) is 2. The maximum atomic E-state index is 13.0. The first-order chi connectivity index (χ1) is 18.0. The maximum absolute atomic E-state index is 13.0. The van der Waals surface area contributed by atoms with Gasteiger partial charge in [-0.2, -0.15) is 10.2 Å². The van der Waals surface area contributed by atoms with E-state index in [0.29, 0.717) is 41.0 Å². The van der Waals surface area contributed by atoms with Crippen LogP contribution in [0.4, 0.5) is 11.6 Å². The lowest BCUT2D eigenvalue weighted by molar-refractivity contribution is 0.248. The predicted octanol–water partition coefficient (Wildman–Crippen LogP) is 4.54. The van der Waals surface area contributed by atoms with Crippen molar-refractivity contribution in [1.29, 1.82) is 5.26 Å². The summed E-state index contributed by atoms with van der Waals surface area (Å²) in [5, 5.41) is 16.3. The van der Waals surface area contributed by atoms with Gasteiger partial charge in [0, 0.05) is 5.56 Å². The normalized spacial score (nSPS) is 14.6. The molecule has 2 heterocycles. The second-order valence-corrected chi connectivity index (χ2v) is 9.81. The molecule has 1 aliphatic carbocycles. The topological polar surface area (TPSA) is 133 Å². The number of nitrogens with zero attached hydrogens (tertiary/aromatic N) is 4. The summed E-state index contributed by atoms with van der Waals surface area (Å²) in [6, 6.07) is 14.5. The van der Waals surface area contributed by atoms with E-state index < -0.39 is 10.0 Å². The van der Waals surface area contributed by atoms with Gasteiger partial charge in [-0.05, 0) is 49.2 Å². The van der Waals surface area contributed by atoms with Crippen LogP contribution in [-0.2, 0) is 19.5 Å². The first kappa shape index (κ1) is 23.9. The average molecular weight is 515 g/mol. The minimum absolute atomic E-state index is 0.0370. The lowest BCUT2D eigenvalue weighted by Gasteiger charge is -2.25. The highest BCUT2D eigenvalue weighted by atomic mass is 32.2. The number of H-pyrrole nitrogens is 1. The van der Waals surface area contributed by atoms with Crippen LogP contribution in [0, 0.1) is 11.3 Å². The van der Waals surface area contributed by atoms with Crippen molar-refractivity contribution in [2.45, 2.75) is 17.7 Å². The monoisotopic (exact) mass is 514 g/mol. The largest absolute Gasteiger partial charge is 0.464 e. The molecule has 0 radical (unpaired) electrons. The summed E-state index contributed by atoms with van der Waals surface area (Å²) in [5.41, 5.74) is 2.37. The van der Waals surface area contributed by atoms with Gasteiger partial charge in [0.1, 0.15) is 12.5 Å². The van der Waals surface area contributed by atoms with Gasteiger partial charge in [-0.15, -0.1) is 5.10 Å². The first-order valence-electron chi connectivity index (χ1n) is 11.4. The van der Waals surface area contributed by atoms with Crippen molar-refractivity contribution in [3.05, 3.63) is 103 Å². The summed E-state index contributed by atoms with van der Waals surface area (Å²) in [7, 11) is -3.91. The van der Waals surface area contributed by atoms with Gasteiger partial charge in [-0.1, -0.05) is 35.9 Å². The Morgan fingerprint density at radius 3 is 2.70 bits per heavy atom. The van der Waals surface area contributed by atoms with Crippen molar-refractivity contribution in [2.75, 3.05) is 16.2 Å². The second-order valence-electron chi connectivity index (χ2n) is 8.13. The molecular weight excluding hydrogens is 492 g/mol. The lowest BCUT2D eigenvalue weighted by atomic mass is 10.1. The fourth-order valence-electron chi connectivity index (χ4n) is 3.80. The molecule has 1 aromatic heterocycles. The fourth-order valence-corrected chi connectivity index (χ4v) is 4.88. The van der Waals surface area contributed by atoms with E-state index in [4.69, 9.17) is 14.7 Å². The summed E-state index contributed by atoms with van der Waals surface area (Å²) in [4.78, 5) is 6.46. The van der Waals surface area contributed by atoms with Crippen molar-refractivity contribution < 1.29 is 17.9 Å². The Morgan fingerprint density at radius 1 is 1.14 bits per heavy atom. The molecule has 5 rings (SSSR count). The molecule has 2 aliphatic rings. The second kappa shape index (κ2) is 10.4. The number of anilines is 2. The van der Waals surface area contributed by atoms with Gasteiger partial charge in [0.25, 0.3) is 16.0 Å². The Bertz CT molecular complexity index is 1560. The highest BCUT2D eigenvalue weighted by molar-refractivity contribution is 7.92. The number of allylic oxidation sites excluding steroid dienone is 3. The summed E-state index contributed by atoms with van der Waals surface area (Å²) in [6.45, 7) is 0.484. The zero-order valence-corrected chi connectivity index (χ0v) is 20.4. The van der Waals surface area contributed by atoms with Crippen molar-refractivity contribution >= 4 is 21.7 Å². The molecule has 0 saturated carbocycles. The van der Waals surface area contributed by atoms with Crippen LogP contribution < -0.4 is 9.62 Å². The van der Waals surface area contributed by atoms with Gasteiger partial charge in [0.05, 0.1) is 28.8 Å². The number of para-hydroxylation sites is 1.